The summed E-state index contributed by atoms with van der Waals surface area (Å²) in [5.41, 5.74) is 1.03. The topological polar surface area (TPSA) is 32.6 Å². The van der Waals surface area contributed by atoms with Crippen molar-refractivity contribution in [3.8, 4) is 0 Å². The largest absolute Gasteiger partial charge is 1.00 e. The Balaban J connectivity index is 0.000000720. The molecule has 0 aliphatic carbocycles. The molecule has 0 aromatic heterocycles. The van der Waals surface area contributed by atoms with Crippen molar-refractivity contribution < 1.29 is 33.7 Å². The Morgan fingerprint density at radius 3 is 2.33 bits per heavy atom. The second-order valence-corrected chi connectivity index (χ2v) is 4.09. The summed E-state index contributed by atoms with van der Waals surface area (Å²) in [6.07, 6.45) is 2.44. The first-order valence-corrected chi connectivity index (χ1v) is 4.28. The fourth-order valence-electron chi connectivity index (χ4n) is 2.32. The van der Waals surface area contributed by atoms with E-state index in [0.717, 1.165) is 16.7 Å². The minimum Gasteiger partial charge on any atom is -1.00 e. The quantitative estimate of drug-likeness (QED) is 0.230. The van der Waals surface area contributed by atoms with Gasteiger partial charge in [-0.05, 0) is 0 Å². The van der Waals surface area contributed by atoms with Crippen LogP contribution < -0.4 is 24.0 Å². The third-order valence-electron chi connectivity index (χ3n) is 3.18. The maximum absolute atomic E-state index is 8.71. The molecular weight excluding hydrogens is 267 g/mol. The van der Waals surface area contributed by atoms with Gasteiger partial charge in [-0.15, -0.1) is 0 Å². The summed E-state index contributed by atoms with van der Waals surface area (Å²) in [6, 6.07) is 0. The lowest BCUT2D eigenvalue weighted by Crippen LogP contribution is -3.00. The summed E-state index contributed by atoms with van der Waals surface area (Å²) in [5, 5.41) is 12.1. The zero-order valence-corrected chi connectivity index (χ0v) is 9.49. The van der Waals surface area contributed by atoms with E-state index in [0.29, 0.717) is 5.92 Å². The van der Waals surface area contributed by atoms with Gasteiger partial charge in [0, 0.05) is 18.8 Å². The van der Waals surface area contributed by atoms with Crippen LogP contribution in [0.1, 0.15) is 12.8 Å². The number of rotatable bonds is 0. The summed E-state index contributed by atoms with van der Waals surface area (Å²) >= 11 is 0. The number of piperidine rings is 3. The molecular formula is C8H15IN2O. The lowest BCUT2D eigenvalue weighted by Gasteiger charge is -2.46. The maximum atomic E-state index is 8.71. The molecule has 0 unspecified atom stereocenters. The van der Waals surface area contributed by atoms with Crippen molar-refractivity contribution in [3.63, 3.8) is 0 Å². The van der Waals surface area contributed by atoms with Crippen LogP contribution in [0, 0.1) is 5.92 Å². The summed E-state index contributed by atoms with van der Waals surface area (Å²) in [6.45, 7) is 3.51. The first-order chi connectivity index (χ1) is 5.23. The van der Waals surface area contributed by atoms with Crippen molar-refractivity contribution in [1.82, 2.24) is 0 Å². The highest BCUT2D eigenvalue weighted by molar-refractivity contribution is 5.88. The first kappa shape index (κ1) is 10.2. The van der Waals surface area contributed by atoms with Gasteiger partial charge in [-0.2, -0.15) is 0 Å². The molecule has 12 heavy (non-hydrogen) atoms. The van der Waals surface area contributed by atoms with Crippen LogP contribution in [0.5, 0.6) is 0 Å². The molecule has 3 fully saturated rings. The minimum absolute atomic E-state index is 0. The van der Waals surface area contributed by atoms with E-state index in [2.05, 4.69) is 12.2 Å². The number of quaternary nitrogens is 1. The SMILES string of the molecule is C[N+]12CCC(CC1)/C(=N/O)C2.[I-]. The molecule has 0 saturated carbocycles. The molecule has 2 bridgehead atoms. The molecule has 70 valence electrons. The Morgan fingerprint density at radius 1 is 1.42 bits per heavy atom. The number of fused-ring (bicyclic) bond motifs is 3. The van der Waals surface area contributed by atoms with E-state index in [9.17, 15) is 0 Å². The molecule has 1 N–H and O–H groups in total. The molecule has 0 aromatic carbocycles. The van der Waals surface area contributed by atoms with Gasteiger partial charge in [-0.25, -0.2) is 0 Å². The van der Waals surface area contributed by atoms with E-state index in [1.165, 1.54) is 25.9 Å². The Labute approximate surface area is 90.0 Å². The van der Waals surface area contributed by atoms with Crippen LogP contribution in [-0.4, -0.2) is 42.1 Å². The van der Waals surface area contributed by atoms with Crippen molar-refractivity contribution in [2.75, 3.05) is 26.7 Å². The Hall–Kier alpha value is 0.160. The molecule has 0 radical (unpaired) electrons. The zero-order valence-electron chi connectivity index (χ0n) is 7.33. The smallest absolute Gasteiger partial charge is 0.121 e. The number of hydrogen-bond donors (Lipinski definition) is 1. The van der Waals surface area contributed by atoms with Gasteiger partial charge in [0.25, 0.3) is 0 Å². The van der Waals surface area contributed by atoms with Crippen LogP contribution in [0.3, 0.4) is 0 Å². The predicted molar refractivity (Wildman–Crippen MR) is 42.7 cm³/mol. The molecule has 3 aliphatic heterocycles. The molecule has 3 saturated heterocycles. The van der Waals surface area contributed by atoms with Gasteiger partial charge in [-0.3, -0.25) is 0 Å². The number of oxime groups is 1. The fourth-order valence-corrected chi connectivity index (χ4v) is 2.32. The van der Waals surface area contributed by atoms with E-state index < -0.39 is 0 Å². The fraction of sp³-hybridized carbons (Fsp3) is 0.875. The van der Waals surface area contributed by atoms with Gasteiger partial charge in [-0.1, -0.05) is 5.16 Å². The zero-order chi connectivity index (χ0) is 7.90. The van der Waals surface area contributed by atoms with E-state index in [1.807, 2.05) is 0 Å². The van der Waals surface area contributed by atoms with Crippen molar-refractivity contribution in [1.29, 1.82) is 0 Å². The Morgan fingerprint density at radius 2 is 2.00 bits per heavy atom. The van der Waals surface area contributed by atoms with Crippen molar-refractivity contribution in [3.05, 3.63) is 0 Å². The highest BCUT2D eigenvalue weighted by atomic mass is 127. The number of halogens is 1. The van der Waals surface area contributed by atoms with Crippen LogP contribution in [0.25, 0.3) is 0 Å². The van der Waals surface area contributed by atoms with Crippen LogP contribution in [0.15, 0.2) is 5.16 Å². The Kier molecular flexibility index (Phi) is 2.98. The third-order valence-corrected chi connectivity index (χ3v) is 3.18. The van der Waals surface area contributed by atoms with Crippen LogP contribution >= 0.6 is 0 Å². The average molecular weight is 282 g/mol. The van der Waals surface area contributed by atoms with Crippen molar-refractivity contribution in [2.24, 2.45) is 11.1 Å². The van der Waals surface area contributed by atoms with Crippen LogP contribution in [0.4, 0.5) is 0 Å². The highest BCUT2D eigenvalue weighted by Gasteiger charge is 2.41. The van der Waals surface area contributed by atoms with Gasteiger partial charge in [0.2, 0.25) is 0 Å². The number of nitrogens with zero attached hydrogens (tertiary/aromatic N) is 2. The van der Waals surface area contributed by atoms with Gasteiger partial charge in [0.1, 0.15) is 12.3 Å². The molecule has 3 rings (SSSR count). The Bertz CT molecular complexity index is 197. The first-order valence-electron chi connectivity index (χ1n) is 4.28. The van der Waals surface area contributed by atoms with Crippen molar-refractivity contribution in [2.45, 2.75) is 12.8 Å². The molecule has 0 spiro atoms. The summed E-state index contributed by atoms with van der Waals surface area (Å²) in [4.78, 5) is 0. The van der Waals surface area contributed by atoms with E-state index in [-0.39, 0.29) is 24.0 Å². The lowest BCUT2D eigenvalue weighted by molar-refractivity contribution is -0.911. The highest BCUT2D eigenvalue weighted by Crippen LogP contribution is 2.29. The standard InChI is InChI=1S/C8H14N2O.HI/c1-10-4-2-7(3-5-10)8(6-10)9-11;/h7H,2-6H2,1H3;1H/b9-8+;. The van der Waals surface area contributed by atoms with E-state index in [4.69, 9.17) is 5.21 Å². The van der Waals surface area contributed by atoms with Gasteiger partial charge < -0.3 is 33.7 Å². The van der Waals surface area contributed by atoms with E-state index in [1.54, 1.807) is 0 Å². The summed E-state index contributed by atoms with van der Waals surface area (Å²) < 4.78 is 1.09. The summed E-state index contributed by atoms with van der Waals surface area (Å²) in [5.74, 6) is 0.597. The second-order valence-electron chi connectivity index (χ2n) is 4.09. The van der Waals surface area contributed by atoms with Gasteiger partial charge in [0.15, 0.2) is 0 Å². The predicted octanol–water partition coefficient (Wildman–Crippen LogP) is -2.31. The number of hydrogen-bond acceptors (Lipinski definition) is 2. The van der Waals surface area contributed by atoms with Crippen LogP contribution in [-0.2, 0) is 0 Å². The van der Waals surface area contributed by atoms with E-state index >= 15 is 0 Å². The normalized spacial score (nSPS) is 42.8. The summed E-state index contributed by atoms with van der Waals surface area (Å²) in [7, 11) is 2.25. The monoisotopic (exact) mass is 282 g/mol. The molecule has 4 heteroatoms. The average Bonchev–Trinajstić information content (AvgIpc) is 2.04. The molecule has 3 aliphatic rings. The molecule has 3 heterocycles. The molecule has 3 nitrogen and oxygen atoms in total. The van der Waals surface area contributed by atoms with Crippen LogP contribution in [0.2, 0.25) is 0 Å². The van der Waals surface area contributed by atoms with Gasteiger partial charge in [0.05, 0.1) is 20.1 Å². The van der Waals surface area contributed by atoms with Gasteiger partial charge >= 0.3 is 0 Å². The molecule has 0 aromatic rings. The van der Waals surface area contributed by atoms with Crippen molar-refractivity contribution >= 4 is 5.71 Å². The maximum Gasteiger partial charge on any atom is 0.121 e. The minimum atomic E-state index is 0. The molecule has 0 amide bonds. The molecule has 0 atom stereocenters. The third kappa shape index (κ3) is 1.59. The second kappa shape index (κ2) is 3.49. The lowest BCUT2D eigenvalue weighted by atomic mass is 9.85.